The van der Waals surface area contributed by atoms with E-state index in [1.807, 2.05) is 0 Å². The van der Waals surface area contributed by atoms with Crippen molar-refractivity contribution in [3.05, 3.63) is 42.5 Å². The normalized spacial score (nSPS) is 16.9. The molecule has 1 aromatic rings. The molecule has 6 heteroatoms. The number of carbonyl (C=O) groups excluding carboxylic acids is 3. The lowest BCUT2D eigenvalue weighted by atomic mass is 10.0. The van der Waals surface area contributed by atoms with Gasteiger partial charge in [0.05, 0.1) is 5.69 Å². The number of hydrogen-bond donors (Lipinski definition) is 1. The molecule has 2 rings (SSSR count). The second-order valence-corrected chi connectivity index (χ2v) is 3.92. The molecule has 0 saturated heterocycles. The van der Waals surface area contributed by atoms with Gasteiger partial charge in [-0.25, -0.2) is 9.69 Å². The summed E-state index contributed by atoms with van der Waals surface area (Å²) in [5.74, 6) is -2.56. The predicted octanol–water partition coefficient (Wildman–Crippen LogP) is 0.925. The van der Waals surface area contributed by atoms with E-state index in [9.17, 15) is 14.4 Å². The van der Waals surface area contributed by atoms with Crippen molar-refractivity contribution in [2.75, 3.05) is 11.5 Å². The summed E-state index contributed by atoms with van der Waals surface area (Å²) in [5, 5.41) is 0. The Kier molecular flexibility index (Phi) is 3.33. The van der Waals surface area contributed by atoms with Crippen LogP contribution < -0.4 is 10.6 Å². The number of primary amides is 1. The minimum Gasteiger partial charge on any atom is -0.461 e. The van der Waals surface area contributed by atoms with Gasteiger partial charge in [-0.3, -0.25) is 9.59 Å². The number of carbonyl (C=O) groups is 3. The Morgan fingerprint density at radius 1 is 1.42 bits per heavy atom. The first-order valence-corrected chi connectivity index (χ1v) is 5.57. The van der Waals surface area contributed by atoms with Crippen LogP contribution in [0.5, 0.6) is 0 Å². The number of urea groups is 1. The van der Waals surface area contributed by atoms with Crippen molar-refractivity contribution in [2.45, 2.75) is 5.92 Å². The molecule has 0 spiro atoms. The van der Waals surface area contributed by atoms with Gasteiger partial charge in [0, 0.05) is 5.56 Å². The third kappa shape index (κ3) is 2.08. The van der Waals surface area contributed by atoms with Gasteiger partial charge in [-0.1, -0.05) is 30.9 Å². The number of fused-ring (bicyclic) bond motifs is 1. The maximum atomic E-state index is 12.1. The van der Waals surface area contributed by atoms with E-state index in [0.29, 0.717) is 11.3 Å². The largest absolute Gasteiger partial charge is 0.461 e. The summed E-state index contributed by atoms with van der Waals surface area (Å²) >= 11 is 0. The van der Waals surface area contributed by atoms with Crippen LogP contribution in [0.15, 0.2) is 36.9 Å². The zero-order chi connectivity index (χ0) is 14.0. The standard InChI is InChI=1S/C13H12N2O4/c1-2-7-19-12(17)10-8-5-3-4-6-9(8)15(11(10)16)13(14)18/h2-6,10H,1,7H2,(H2,14,18). The van der Waals surface area contributed by atoms with Crippen LogP contribution in [0.4, 0.5) is 10.5 Å². The topological polar surface area (TPSA) is 89.7 Å². The number of amides is 3. The van der Waals surface area contributed by atoms with Crippen LogP contribution in [0.3, 0.4) is 0 Å². The maximum Gasteiger partial charge on any atom is 0.326 e. The molecule has 98 valence electrons. The third-order valence-electron chi connectivity index (χ3n) is 2.76. The fraction of sp³-hybridized carbons (Fsp3) is 0.154. The van der Waals surface area contributed by atoms with Gasteiger partial charge in [-0.2, -0.15) is 0 Å². The summed E-state index contributed by atoms with van der Waals surface area (Å²) in [7, 11) is 0. The Balaban J connectivity index is 2.41. The number of rotatable bonds is 3. The van der Waals surface area contributed by atoms with Crippen LogP contribution in [0.25, 0.3) is 0 Å². The van der Waals surface area contributed by atoms with Gasteiger partial charge in [0.1, 0.15) is 6.61 Å². The summed E-state index contributed by atoms with van der Waals surface area (Å²) in [4.78, 5) is 36.1. The highest BCUT2D eigenvalue weighted by Crippen LogP contribution is 2.37. The molecule has 0 fully saturated rings. The number of hydrogen-bond acceptors (Lipinski definition) is 4. The third-order valence-corrected chi connectivity index (χ3v) is 2.76. The zero-order valence-corrected chi connectivity index (χ0v) is 10.0. The van der Waals surface area contributed by atoms with Crippen molar-refractivity contribution in [1.82, 2.24) is 0 Å². The highest BCUT2D eigenvalue weighted by Gasteiger charge is 2.44. The number of para-hydroxylation sites is 1. The average Bonchev–Trinajstić information content (AvgIpc) is 2.68. The van der Waals surface area contributed by atoms with E-state index < -0.39 is 23.8 Å². The number of benzene rings is 1. The summed E-state index contributed by atoms with van der Waals surface area (Å²) < 4.78 is 4.87. The van der Waals surface area contributed by atoms with Crippen LogP contribution in [-0.4, -0.2) is 24.5 Å². The molecule has 1 aliphatic heterocycles. The monoisotopic (exact) mass is 260 g/mol. The van der Waals surface area contributed by atoms with E-state index in [1.165, 1.54) is 6.08 Å². The van der Waals surface area contributed by atoms with Crippen molar-refractivity contribution in [3.63, 3.8) is 0 Å². The summed E-state index contributed by atoms with van der Waals surface area (Å²) in [6, 6.07) is 5.55. The van der Waals surface area contributed by atoms with Gasteiger partial charge in [-0.05, 0) is 6.07 Å². The molecule has 1 heterocycles. The predicted molar refractivity (Wildman–Crippen MR) is 67.4 cm³/mol. The first-order valence-electron chi connectivity index (χ1n) is 5.57. The van der Waals surface area contributed by atoms with Crippen molar-refractivity contribution in [3.8, 4) is 0 Å². The number of nitrogens with two attached hydrogens (primary N) is 1. The zero-order valence-electron chi connectivity index (χ0n) is 10.0. The van der Waals surface area contributed by atoms with Crippen molar-refractivity contribution in [2.24, 2.45) is 5.73 Å². The number of nitrogens with zero attached hydrogens (tertiary/aromatic N) is 1. The Bertz CT molecular complexity index is 568. The van der Waals surface area contributed by atoms with Crippen LogP contribution in [0.2, 0.25) is 0 Å². The fourth-order valence-electron chi connectivity index (χ4n) is 2.00. The molecular formula is C13H12N2O4. The molecule has 6 nitrogen and oxygen atoms in total. The van der Waals surface area contributed by atoms with E-state index in [4.69, 9.17) is 10.5 Å². The van der Waals surface area contributed by atoms with E-state index in [-0.39, 0.29) is 6.61 Å². The molecule has 0 radical (unpaired) electrons. The first kappa shape index (κ1) is 12.8. The molecule has 1 unspecified atom stereocenters. The van der Waals surface area contributed by atoms with Crippen LogP contribution in [0, 0.1) is 0 Å². The first-order chi connectivity index (χ1) is 9.07. The lowest BCUT2D eigenvalue weighted by Gasteiger charge is -2.12. The van der Waals surface area contributed by atoms with Gasteiger partial charge in [0.15, 0.2) is 5.92 Å². The lowest BCUT2D eigenvalue weighted by molar-refractivity contribution is -0.146. The quantitative estimate of drug-likeness (QED) is 0.497. The molecular weight excluding hydrogens is 248 g/mol. The molecule has 0 saturated carbocycles. The van der Waals surface area contributed by atoms with Crippen molar-refractivity contribution in [1.29, 1.82) is 0 Å². The molecule has 3 amide bonds. The second-order valence-electron chi connectivity index (χ2n) is 3.92. The Morgan fingerprint density at radius 3 is 2.74 bits per heavy atom. The van der Waals surface area contributed by atoms with Crippen LogP contribution >= 0.6 is 0 Å². The van der Waals surface area contributed by atoms with Gasteiger partial charge in [-0.15, -0.1) is 0 Å². The Hall–Kier alpha value is -2.63. The number of esters is 1. The molecule has 0 aromatic heterocycles. The van der Waals surface area contributed by atoms with E-state index in [1.54, 1.807) is 24.3 Å². The molecule has 0 bridgehead atoms. The van der Waals surface area contributed by atoms with Crippen molar-refractivity contribution < 1.29 is 19.1 Å². The van der Waals surface area contributed by atoms with Crippen molar-refractivity contribution >= 4 is 23.6 Å². The van der Waals surface area contributed by atoms with Gasteiger partial charge < -0.3 is 10.5 Å². The van der Waals surface area contributed by atoms with E-state index >= 15 is 0 Å². The van der Waals surface area contributed by atoms with Gasteiger partial charge in [0.25, 0.3) is 5.91 Å². The molecule has 19 heavy (non-hydrogen) atoms. The summed E-state index contributed by atoms with van der Waals surface area (Å²) in [6.07, 6.45) is 1.40. The minimum absolute atomic E-state index is 0.00134. The number of ether oxygens (including phenoxy) is 1. The second kappa shape index (κ2) is 4.93. The average molecular weight is 260 g/mol. The number of imide groups is 1. The van der Waals surface area contributed by atoms with Crippen LogP contribution in [-0.2, 0) is 14.3 Å². The molecule has 2 N–H and O–H groups in total. The molecule has 0 aliphatic carbocycles. The minimum atomic E-state index is -1.15. The summed E-state index contributed by atoms with van der Waals surface area (Å²) in [5.41, 5.74) is 5.90. The molecule has 1 aliphatic rings. The molecule has 1 aromatic carbocycles. The Labute approximate surface area is 109 Å². The highest BCUT2D eigenvalue weighted by molar-refractivity contribution is 6.26. The number of anilines is 1. The molecule has 1 atom stereocenters. The highest BCUT2D eigenvalue weighted by atomic mass is 16.5. The SMILES string of the molecule is C=CCOC(=O)C1C(=O)N(C(N)=O)c2ccccc21. The smallest absolute Gasteiger partial charge is 0.326 e. The Morgan fingerprint density at radius 2 is 2.11 bits per heavy atom. The van der Waals surface area contributed by atoms with Crippen LogP contribution in [0.1, 0.15) is 11.5 Å². The fourth-order valence-corrected chi connectivity index (χ4v) is 2.00. The maximum absolute atomic E-state index is 12.1. The van der Waals surface area contributed by atoms with Gasteiger partial charge in [0.2, 0.25) is 0 Å². The van der Waals surface area contributed by atoms with E-state index in [2.05, 4.69) is 6.58 Å². The van der Waals surface area contributed by atoms with Gasteiger partial charge >= 0.3 is 12.0 Å². The summed E-state index contributed by atoms with van der Waals surface area (Å²) in [6.45, 7) is 3.42. The van der Waals surface area contributed by atoms with E-state index in [0.717, 1.165) is 4.90 Å². The lowest BCUT2D eigenvalue weighted by Crippen LogP contribution is -2.40.